The minimum absolute atomic E-state index is 0.229. The Morgan fingerprint density at radius 1 is 1.03 bits per heavy atom. The Morgan fingerprint density at radius 3 is 2.40 bits per heavy atom. The van der Waals surface area contributed by atoms with Crippen LogP contribution in [0.1, 0.15) is 22.0 Å². The molecule has 1 unspecified atom stereocenters. The van der Waals surface area contributed by atoms with Gasteiger partial charge < -0.3 is 19.7 Å². The maximum atomic E-state index is 12.9. The molecule has 2 aromatic rings. The van der Waals surface area contributed by atoms with Gasteiger partial charge in [0.05, 0.1) is 23.3 Å². The Labute approximate surface area is 183 Å². The van der Waals surface area contributed by atoms with Crippen LogP contribution in [0, 0.1) is 0 Å². The van der Waals surface area contributed by atoms with E-state index in [-0.39, 0.29) is 16.5 Å². The molecule has 7 nitrogen and oxygen atoms in total. The summed E-state index contributed by atoms with van der Waals surface area (Å²) in [6, 6.07) is 13.1. The predicted molar refractivity (Wildman–Crippen MR) is 111 cm³/mol. The van der Waals surface area contributed by atoms with E-state index in [1.807, 2.05) is 0 Å². The third kappa shape index (κ3) is 5.72. The van der Waals surface area contributed by atoms with Crippen LogP contribution in [-0.4, -0.2) is 55.5 Å². The normalized spacial score (nSPS) is 14.7. The van der Waals surface area contributed by atoms with Gasteiger partial charge in [0.2, 0.25) is 6.10 Å². The van der Waals surface area contributed by atoms with Gasteiger partial charge in [0.25, 0.3) is 11.8 Å². The number of nitrogens with one attached hydrogen (secondary N) is 1. The van der Waals surface area contributed by atoms with E-state index in [9.17, 15) is 14.4 Å². The summed E-state index contributed by atoms with van der Waals surface area (Å²) in [4.78, 5) is 39.2. The Hall–Kier alpha value is -2.61. The Bertz CT molecular complexity index is 917. The highest BCUT2D eigenvalue weighted by atomic mass is 35.5. The molecule has 1 atom stereocenters. The Kier molecular flexibility index (Phi) is 7.68. The first-order valence-electron chi connectivity index (χ1n) is 9.30. The van der Waals surface area contributed by atoms with E-state index in [0.29, 0.717) is 36.9 Å². The summed E-state index contributed by atoms with van der Waals surface area (Å²) in [6.07, 6.45) is -1.10. The van der Waals surface area contributed by atoms with E-state index in [2.05, 4.69) is 5.32 Å². The number of morpholine rings is 1. The third-order valence-electron chi connectivity index (χ3n) is 4.47. The first kappa shape index (κ1) is 22.1. The van der Waals surface area contributed by atoms with Gasteiger partial charge in [-0.15, -0.1) is 0 Å². The molecule has 0 radical (unpaired) electrons. The highest BCUT2D eigenvalue weighted by Gasteiger charge is 2.30. The summed E-state index contributed by atoms with van der Waals surface area (Å²) < 4.78 is 10.7. The van der Waals surface area contributed by atoms with Crippen LogP contribution in [0.25, 0.3) is 0 Å². The van der Waals surface area contributed by atoms with Crippen LogP contribution in [0.5, 0.6) is 0 Å². The third-order valence-corrected chi connectivity index (χ3v) is 5.21. The summed E-state index contributed by atoms with van der Waals surface area (Å²) in [5.74, 6) is -1.58. The zero-order valence-corrected chi connectivity index (χ0v) is 17.5. The highest BCUT2D eigenvalue weighted by Crippen LogP contribution is 2.23. The number of hydrogen-bond acceptors (Lipinski definition) is 5. The molecule has 2 amide bonds. The fourth-order valence-electron chi connectivity index (χ4n) is 2.90. The van der Waals surface area contributed by atoms with E-state index < -0.39 is 24.5 Å². The monoisotopic (exact) mass is 450 g/mol. The molecule has 9 heteroatoms. The molecule has 0 spiro atoms. The SMILES string of the molecule is O=C(CNC(=O)c1ccc(Cl)c(Cl)c1)OC(C(=O)N1CCOCC1)c1ccccc1. The van der Waals surface area contributed by atoms with Gasteiger partial charge in [-0.3, -0.25) is 14.4 Å². The molecule has 0 bridgehead atoms. The topological polar surface area (TPSA) is 84.9 Å². The lowest BCUT2D eigenvalue weighted by atomic mass is 10.1. The smallest absolute Gasteiger partial charge is 0.326 e. The van der Waals surface area contributed by atoms with Crippen LogP contribution >= 0.6 is 23.2 Å². The van der Waals surface area contributed by atoms with Crippen molar-refractivity contribution in [3.05, 3.63) is 69.7 Å². The zero-order valence-electron chi connectivity index (χ0n) is 16.0. The van der Waals surface area contributed by atoms with E-state index in [1.165, 1.54) is 18.2 Å². The van der Waals surface area contributed by atoms with Gasteiger partial charge in [-0.05, 0) is 18.2 Å². The first-order valence-corrected chi connectivity index (χ1v) is 10.1. The second-order valence-corrected chi connectivity index (χ2v) is 7.34. The fraction of sp³-hybridized carbons (Fsp3) is 0.286. The lowest BCUT2D eigenvalue weighted by molar-refractivity contribution is -0.162. The van der Waals surface area contributed by atoms with Gasteiger partial charge in [-0.1, -0.05) is 53.5 Å². The van der Waals surface area contributed by atoms with Crippen LogP contribution in [0.15, 0.2) is 48.5 Å². The van der Waals surface area contributed by atoms with Crippen LogP contribution in [0.2, 0.25) is 10.0 Å². The lowest BCUT2D eigenvalue weighted by Gasteiger charge is -2.30. The van der Waals surface area contributed by atoms with Gasteiger partial charge in [-0.2, -0.15) is 0 Å². The van der Waals surface area contributed by atoms with E-state index in [0.717, 1.165) is 0 Å². The number of nitrogens with zero attached hydrogens (tertiary/aromatic N) is 1. The molecule has 158 valence electrons. The van der Waals surface area contributed by atoms with Crippen molar-refractivity contribution in [3.63, 3.8) is 0 Å². The van der Waals surface area contributed by atoms with Crippen molar-refractivity contribution in [2.75, 3.05) is 32.8 Å². The van der Waals surface area contributed by atoms with Crippen molar-refractivity contribution < 1.29 is 23.9 Å². The number of esters is 1. The first-order chi connectivity index (χ1) is 14.5. The molecule has 1 aliphatic rings. The van der Waals surface area contributed by atoms with Crippen LogP contribution in [0.3, 0.4) is 0 Å². The zero-order chi connectivity index (χ0) is 21.5. The van der Waals surface area contributed by atoms with Crippen molar-refractivity contribution in [3.8, 4) is 0 Å². The van der Waals surface area contributed by atoms with Gasteiger partial charge in [0, 0.05) is 24.2 Å². The Morgan fingerprint density at radius 2 is 1.73 bits per heavy atom. The second-order valence-electron chi connectivity index (χ2n) is 6.53. The molecular formula is C21H20Cl2N2O5. The maximum Gasteiger partial charge on any atom is 0.326 e. The summed E-state index contributed by atoms with van der Waals surface area (Å²) >= 11 is 11.8. The van der Waals surface area contributed by atoms with Crippen LogP contribution in [0.4, 0.5) is 0 Å². The largest absolute Gasteiger partial charge is 0.446 e. The number of ether oxygens (including phenoxy) is 2. The molecular weight excluding hydrogens is 431 g/mol. The van der Waals surface area contributed by atoms with E-state index >= 15 is 0 Å². The van der Waals surface area contributed by atoms with Gasteiger partial charge in [0.15, 0.2) is 0 Å². The number of rotatable bonds is 6. The minimum atomic E-state index is -1.10. The standard InChI is InChI=1S/C21H20Cl2N2O5/c22-16-7-6-15(12-17(16)23)20(27)24-13-18(26)30-19(14-4-2-1-3-5-14)21(28)25-8-10-29-11-9-25/h1-7,12,19H,8-11,13H2,(H,24,27). The second kappa shape index (κ2) is 10.4. The average Bonchev–Trinajstić information content (AvgIpc) is 2.78. The molecule has 0 aromatic heterocycles. The summed E-state index contributed by atoms with van der Waals surface area (Å²) in [5.41, 5.74) is 0.805. The van der Waals surface area contributed by atoms with E-state index in [4.69, 9.17) is 32.7 Å². The summed E-state index contributed by atoms with van der Waals surface area (Å²) in [7, 11) is 0. The molecule has 1 aliphatic heterocycles. The maximum absolute atomic E-state index is 12.9. The highest BCUT2D eigenvalue weighted by molar-refractivity contribution is 6.42. The number of carbonyl (C=O) groups is 3. The molecule has 1 saturated heterocycles. The lowest BCUT2D eigenvalue weighted by Crippen LogP contribution is -2.44. The number of carbonyl (C=O) groups excluding carboxylic acids is 3. The van der Waals surface area contributed by atoms with Crippen molar-refractivity contribution in [2.45, 2.75) is 6.10 Å². The molecule has 2 aromatic carbocycles. The fourth-order valence-corrected chi connectivity index (χ4v) is 3.20. The van der Waals surface area contributed by atoms with Crippen molar-refractivity contribution in [1.82, 2.24) is 10.2 Å². The molecule has 1 heterocycles. The summed E-state index contributed by atoms with van der Waals surface area (Å²) in [5, 5.41) is 3.01. The predicted octanol–water partition coefficient (Wildman–Crippen LogP) is 2.87. The summed E-state index contributed by atoms with van der Waals surface area (Å²) in [6.45, 7) is 1.31. The van der Waals surface area contributed by atoms with Gasteiger partial charge in [-0.25, -0.2) is 0 Å². The number of benzene rings is 2. The molecule has 1 fully saturated rings. The number of halogens is 2. The minimum Gasteiger partial charge on any atom is -0.446 e. The van der Waals surface area contributed by atoms with Crippen LogP contribution in [-0.2, 0) is 19.1 Å². The number of amides is 2. The quantitative estimate of drug-likeness (QED) is 0.683. The van der Waals surface area contributed by atoms with E-state index in [1.54, 1.807) is 35.2 Å². The van der Waals surface area contributed by atoms with Crippen molar-refractivity contribution >= 4 is 41.0 Å². The molecule has 0 saturated carbocycles. The number of hydrogen-bond donors (Lipinski definition) is 1. The Balaban J connectivity index is 1.64. The molecule has 30 heavy (non-hydrogen) atoms. The van der Waals surface area contributed by atoms with Gasteiger partial charge >= 0.3 is 5.97 Å². The van der Waals surface area contributed by atoms with Crippen LogP contribution < -0.4 is 5.32 Å². The van der Waals surface area contributed by atoms with Crippen molar-refractivity contribution in [2.24, 2.45) is 0 Å². The molecule has 1 N–H and O–H groups in total. The van der Waals surface area contributed by atoms with Crippen molar-refractivity contribution in [1.29, 1.82) is 0 Å². The van der Waals surface area contributed by atoms with Gasteiger partial charge in [0.1, 0.15) is 6.54 Å². The molecule has 0 aliphatic carbocycles. The average molecular weight is 451 g/mol. The molecule has 3 rings (SSSR count).